The lowest BCUT2D eigenvalue weighted by Gasteiger charge is -2.15. The Kier molecular flexibility index (Phi) is 7.51. The Morgan fingerprint density at radius 1 is 1.27 bits per heavy atom. The number of amides is 1. The van der Waals surface area contributed by atoms with Crippen LogP contribution in [-0.2, 0) is 11.3 Å². The number of ether oxygens (including phenoxy) is 2. The van der Waals surface area contributed by atoms with Crippen LogP contribution in [0.4, 0.5) is 5.69 Å². The maximum Gasteiger partial charge on any atom is 0.279 e. The van der Waals surface area contributed by atoms with Crippen molar-refractivity contribution in [2.75, 3.05) is 32.6 Å². The van der Waals surface area contributed by atoms with Crippen LogP contribution in [0.2, 0.25) is 5.02 Å². The number of likely N-dealkylation sites (N-methyl/N-ethyl adjacent to an activating group) is 1. The second-order valence-electron chi connectivity index (χ2n) is 5.95. The summed E-state index contributed by atoms with van der Waals surface area (Å²) < 4.78 is 10.7. The predicted octanol–water partition coefficient (Wildman–Crippen LogP) is 2.57. The van der Waals surface area contributed by atoms with Crippen LogP contribution < -0.4 is 19.7 Å². The fourth-order valence-corrected chi connectivity index (χ4v) is 2.69. The number of carbonyl (C=O) groups is 1. The first-order valence-corrected chi connectivity index (χ1v) is 8.67. The average Bonchev–Trinajstić information content (AvgIpc) is 2.61. The van der Waals surface area contributed by atoms with Crippen molar-refractivity contribution in [1.82, 2.24) is 0 Å². The minimum Gasteiger partial charge on any atom is -0.495 e. The lowest BCUT2D eigenvalue weighted by molar-refractivity contribution is -0.885. The summed E-state index contributed by atoms with van der Waals surface area (Å²) in [7, 11) is 3.52. The Labute approximate surface area is 159 Å². The van der Waals surface area contributed by atoms with E-state index in [1.807, 2.05) is 31.3 Å². The van der Waals surface area contributed by atoms with Gasteiger partial charge in [0, 0.05) is 10.6 Å². The largest absolute Gasteiger partial charge is 0.495 e. The normalized spacial score (nSPS) is 11.5. The van der Waals surface area contributed by atoms with Gasteiger partial charge in [0.15, 0.2) is 6.54 Å². The number of methoxy groups -OCH3 is 1. The molecule has 138 valence electrons. The zero-order chi connectivity index (χ0) is 18.9. The molecule has 2 aromatic carbocycles. The molecule has 2 N–H and O–H groups in total. The first-order chi connectivity index (χ1) is 12.5. The Balaban J connectivity index is 1.89. The van der Waals surface area contributed by atoms with Crippen molar-refractivity contribution in [3.8, 4) is 11.5 Å². The van der Waals surface area contributed by atoms with E-state index in [2.05, 4.69) is 11.9 Å². The quantitative estimate of drug-likeness (QED) is 0.662. The first-order valence-electron chi connectivity index (χ1n) is 8.29. The molecule has 2 aromatic rings. The van der Waals surface area contributed by atoms with Crippen LogP contribution >= 0.6 is 11.6 Å². The van der Waals surface area contributed by atoms with E-state index in [-0.39, 0.29) is 5.91 Å². The van der Waals surface area contributed by atoms with Gasteiger partial charge in [0.2, 0.25) is 0 Å². The molecule has 1 unspecified atom stereocenters. The molecule has 0 saturated carbocycles. The van der Waals surface area contributed by atoms with Crippen molar-refractivity contribution in [3.05, 3.63) is 65.7 Å². The third-order valence-corrected chi connectivity index (χ3v) is 3.93. The minimum atomic E-state index is -0.103. The molecule has 0 saturated heterocycles. The van der Waals surface area contributed by atoms with Gasteiger partial charge in [-0.2, -0.15) is 0 Å². The Morgan fingerprint density at radius 3 is 2.65 bits per heavy atom. The highest BCUT2D eigenvalue weighted by molar-refractivity contribution is 6.31. The number of carbonyl (C=O) groups excluding carboxylic acids is 1. The standard InChI is InChI=1S/C20H23ClN2O3/c1-4-11-26-17-8-5-15(6-9-17)13-23(2)14-20(24)22-18-12-16(21)7-10-19(18)25-3/h4-10,12H,1,11,13-14H2,2-3H3,(H,22,24)/p+1. The number of anilines is 1. The summed E-state index contributed by atoms with van der Waals surface area (Å²) in [4.78, 5) is 13.4. The summed E-state index contributed by atoms with van der Waals surface area (Å²) in [5, 5.41) is 3.39. The molecule has 0 bridgehead atoms. The number of nitrogens with one attached hydrogen (secondary N) is 2. The Bertz CT molecular complexity index is 747. The number of rotatable bonds is 9. The Hall–Kier alpha value is -2.50. The maximum atomic E-state index is 12.3. The second-order valence-corrected chi connectivity index (χ2v) is 6.38. The summed E-state index contributed by atoms with van der Waals surface area (Å²) in [5.41, 5.74) is 1.70. The molecular weight excluding hydrogens is 352 g/mol. The minimum absolute atomic E-state index is 0.103. The van der Waals surface area contributed by atoms with Gasteiger partial charge in [0.1, 0.15) is 24.7 Å². The van der Waals surface area contributed by atoms with Crippen molar-refractivity contribution in [3.63, 3.8) is 0 Å². The van der Waals surface area contributed by atoms with Crippen LogP contribution in [0, 0.1) is 0 Å². The highest BCUT2D eigenvalue weighted by Crippen LogP contribution is 2.27. The maximum absolute atomic E-state index is 12.3. The van der Waals surface area contributed by atoms with E-state index in [1.54, 1.807) is 31.4 Å². The molecule has 2 rings (SSSR count). The second kappa shape index (κ2) is 9.85. The molecule has 6 heteroatoms. The molecule has 0 spiro atoms. The average molecular weight is 376 g/mol. The lowest BCUT2D eigenvalue weighted by Crippen LogP contribution is -3.08. The molecule has 0 aliphatic heterocycles. The van der Waals surface area contributed by atoms with Gasteiger partial charge in [-0.15, -0.1) is 0 Å². The molecule has 0 aliphatic carbocycles. The molecule has 26 heavy (non-hydrogen) atoms. The topological polar surface area (TPSA) is 52.0 Å². The van der Waals surface area contributed by atoms with Gasteiger partial charge in [0.25, 0.3) is 5.91 Å². The summed E-state index contributed by atoms with van der Waals surface area (Å²) in [6, 6.07) is 13.0. The zero-order valence-electron chi connectivity index (χ0n) is 15.0. The van der Waals surface area contributed by atoms with Gasteiger partial charge in [0.05, 0.1) is 19.8 Å². The summed E-state index contributed by atoms with van der Waals surface area (Å²) in [6.07, 6.45) is 1.71. The van der Waals surface area contributed by atoms with Gasteiger partial charge in [-0.3, -0.25) is 4.79 Å². The first kappa shape index (κ1) is 19.8. The van der Waals surface area contributed by atoms with Crippen LogP contribution in [0.5, 0.6) is 11.5 Å². The molecule has 1 atom stereocenters. The smallest absolute Gasteiger partial charge is 0.279 e. The van der Waals surface area contributed by atoms with E-state index in [0.717, 1.165) is 22.8 Å². The molecule has 1 amide bonds. The summed E-state index contributed by atoms with van der Waals surface area (Å²) in [6.45, 7) is 5.16. The van der Waals surface area contributed by atoms with E-state index in [1.165, 1.54) is 0 Å². The van der Waals surface area contributed by atoms with Crippen molar-refractivity contribution in [2.45, 2.75) is 6.54 Å². The Morgan fingerprint density at radius 2 is 2.00 bits per heavy atom. The third kappa shape index (κ3) is 6.10. The van der Waals surface area contributed by atoms with Gasteiger partial charge in [-0.25, -0.2) is 0 Å². The molecule has 5 nitrogen and oxygen atoms in total. The highest BCUT2D eigenvalue weighted by Gasteiger charge is 2.13. The molecule has 0 aliphatic rings. The van der Waals surface area contributed by atoms with Gasteiger partial charge in [-0.05, 0) is 42.5 Å². The van der Waals surface area contributed by atoms with Gasteiger partial charge >= 0.3 is 0 Å². The monoisotopic (exact) mass is 375 g/mol. The highest BCUT2D eigenvalue weighted by atomic mass is 35.5. The van der Waals surface area contributed by atoms with E-state index in [9.17, 15) is 4.79 Å². The van der Waals surface area contributed by atoms with Crippen LogP contribution in [0.1, 0.15) is 5.56 Å². The van der Waals surface area contributed by atoms with Crippen molar-refractivity contribution >= 4 is 23.2 Å². The third-order valence-electron chi connectivity index (χ3n) is 3.70. The number of halogens is 1. The van der Waals surface area contributed by atoms with Crippen LogP contribution in [0.25, 0.3) is 0 Å². The molecule has 0 fully saturated rings. The van der Waals surface area contributed by atoms with Crippen molar-refractivity contribution < 1.29 is 19.2 Å². The van der Waals surface area contributed by atoms with E-state index in [4.69, 9.17) is 21.1 Å². The zero-order valence-corrected chi connectivity index (χ0v) is 15.8. The molecule has 0 heterocycles. The van der Waals surface area contributed by atoms with Crippen LogP contribution in [0.15, 0.2) is 55.1 Å². The van der Waals surface area contributed by atoms with Crippen molar-refractivity contribution in [1.29, 1.82) is 0 Å². The van der Waals surface area contributed by atoms with E-state index >= 15 is 0 Å². The van der Waals surface area contributed by atoms with Gasteiger partial charge in [-0.1, -0.05) is 24.3 Å². The number of hydrogen-bond donors (Lipinski definition) is 2. The van der Waals surface area contributed by atoms with Crippen LogP contribution in [0.3, 0.4) is 0 Å². The summed E-state index contributed by atoms with van der Waals surface area (Å²) in [5.74, 6) is 1.28. The van der Waals surface area contributed by atoms with Crippen molar-refractivity contribution in [2.24, 2.45) is 0 Å². The number of quaternary nitrogens is 1. The fraction of sp³-hybridized carbons (Fsp3) is 0.250. The fourth-order valence-electron chi connectivity index (χ4n) is 2.52. The number of hydrogen-bond acceptors (Lipinski definition) is 3. The van der Waals surface area contributed by atoms with Crippen LogP contribution in [-0.4, -0.2) is 33.2 Å². The van der Waals surface area contributed by atoms with Gasteiger partial charge < -0.3 is 19.7 Å². The predicted molar refractivity (Wildman–Crippen MR) is 104 cm³/mol. The molecule has 0 radical (unpaired) electrons. The molecular formula is C20H24ClN2O3+. The molecule has 0 aromatic heterocycles. The lowest BCUT2D eigenvalue weighted by atomic mass is 10.2. The number of benzene rings is 2. The summed E-state index contributed by atoms with van der Waals surface area (Å²) >= 11 is 5.99. The van der Waals surface area contributed by atoms with E-state index < -0.39 is 0 Å². The SMILES string of the molecule is C=CCOc1ccc(C[NH+](C)CC(=O)Nc2cc(Cl)ccc2OC)cc1. The van der Waals surface area contributed by atoms with E-state index in [0.29, 0.717) is 29.6 Å².